The first-order valence-electron chi connectivity index (χ1n) is 4.69. The Balaban J connectivity index is 2.43. The largest absolute Gasteiger partial charge is 0.385 e. The minimum Gasteiger partial charge on any atom is -0.385 e. The molecule has 0 heterocycles. The Hall–Kier alpha value is -0.960. The van der Waals surface area contributed by atoms with E-state index >= 15 is 0 Å². The summed E-state index contributed by atoms with van der Waals surface area (Å²) in [7, 11) is 0. The van der Waals surface area contributed by atoms with E-state index in [1.165, 1.54) is 0 Å². The Morgan fingerprint density at radius 3 is 2.57 bits per heavy atom. The van der Waals surface area contributed by atoms with Crippen molar-refractivity contribution >= 4 is 0 Å². The van der Waals surface area contributed by atoms with Crippen molar-refractivity contribution in [3.8, 4) is 0 Å². The number of hydrogen-bond acceptors (Lipinski definition) is 1. The number of rotatable bonds is 2. The van der Waals surface area contributed by atoms with Crippen LogP contribution in [0.25, 0.3) is 0 Å². The molecular weight excluding hydrogens is 186 g/mol. The fraction of sp³-hybridized carbons (Fsp3) is 0.455. The first-order valence-corrected chi connectivity index (χ1v) is 4.69. The lowest BCUT2D eigenvalue weighted by Crippen LogP contribution is -2.25. The van der Waals surface area contributed by atoms with E-state index in [1.807, 2.05) is 0 Å². The van der Waals surface area contributed by atoms with Gasteiger partial charge in [0.15, 0.2) is 0 Å². The average Bonchev–Trinajstić information content (AvgIpc) is 2.91. The number of halogens is 2. The monoisotopic (exact) mass is 198 g/mol. The molecule has 1 aliphatic carbocycles. The van der Waals surface area contributed by atoms with Crippen LogP contribution in [0.4, 0.5) is 8.78 Å². The fourth-order valence-corrected chi connectivity index (χ4v) is 1.75. The van der Waals surface area contributed by atoms with Crippen LogP contribution in [0, 0.1) is 17.6 Å². The van der Waals surface area contributed by atoms with E-state index < -0.39 is 17.2 Å². The Labute approximate surface area is 81.4 Å². The van der Waals surface area contributed by atoms with Gasteiger partial charge in [-0.1, -0.05) is 0 Å². The summed E-state index contributed by atoms with van der Waals surface area (Å²) in [5, 5.41) is 10.0. The maximum atomic E-state index is 13.3. The summed E-state index contributed by atoms with van der Waals surface area (Å²) in [4.78, 5) is 0. The van der Waals surface area contributed by atoms with Crippen molar-refractivity contribution in [1.82, 2.24) is 0 Å². The minimum atomic E-state index is -1.23. The van der Waals surface area contributed by atoms with E-state index in [4.69, 9.17) is 0 Å². The highest BCUT2D eigenvalue weighted by atomic mass is 19.1. The van der Waals surface area contributed by atoms with Gasteiger partial charge >= 0.3 is 0 Å². The molecule has 1 aromatic rings. The van der Waals surface area contributed by atoms with E-state index in [-0.39, 0.29) is 11.5 Å². The SMILES string of the molecule is CC(O)(c1cc(F)ccc1F)C1CC1. The van der Waals surface area contributed by atoms with Crippen LogP contribution in [0.3, 0.4) is 0 Å². The summed E-state index contributed by atoms with van der Waals surface area (Å²) >= 11 is 0. The van der Waals surface area contributed by atoms with E-state index in [1.54, 1.807) is 6.92 Å². The van der Waals surface area contributed by atoms with Crippen molar-refractivity contribution in [1.29, 1.82) is 0 Å². The predicted octanol–water partition coefficient (Wildman–Crippen LogP) is 2.58. The Morgan fingerprint density at radius 1 is 1.36 bits per heavy atom. The molecule has 1 aliphatic rings. The predicted molar refractivity (Wildman–Crippen MR) is 48.7 cm³/mol. The summed E-state index contributed by atoms with van der Waals surface area (Å²) in [6.45, 7) is 1.54. The molecule has 0 radical (unpaired) electrons. The van der Waals surface area contributed by atoms with Crippen LogP contribution < -0.4 is 0 Å². The van der Waals surface area contributed by atoms with Crippen molar-refractivity contribution in [2.45, 2.75) is 25.4 Å². The zero-order valence-corrected chi connectivity index (χ0v) is 7.93. The second kappa shape index (κ2) is 3.02. The topological polar surface area (TPSA) is 20.2 Å². The third-order valence-corrected chi connectivity index (χ3v) is 2.85. The van der Waals surface area contributed by atoms with Gasteiger partial charge in [-0.3, -0.25) is 0 Å². The summed E-state index contributed by atoms with van der Waals surface area (Å²) in [5.41, 5.74) is -1.16. The molecule has 3 heteroatoms. The standard InChI is InChI=1S/C11H12F2O/c1-11(14,7-2-3-7)9-6-8(12)4-5-10(9)13/h4-7,14H,2-3H2,1H3. The van der Waals surface area contributed by atoms with Gasteiger partial charge < -0.3 is 5.11 Å². The second-order valence-corrected chi connectivity index (χ2v) is 4.05. The summed E-state index contributed by atoms with van der Waals surface area (Å²) in [6, 6.07) is 3.19. The van der Waals surface area contributed by atoms with E-state index in [9.17, 15) is 13.9 Å². The minimum absolute atomic E-state index is 0.0683. The quantitative estimate of drug-likeness (QED) is 0.774. The van der Waals surface area contributed by atoms with Crippen LogP contribution in [0.15, 0.2) is 18.2 Å². The second-order valence-electron chi connectivity index (χ2n) is 4.05. The molecule has 1 nitrogen and oxygen atoms in total. The lowest BCUT2D eigenvalue weighted by atomic mass is 9.90. The molecule has 0 aliphatic heterocycles. The summed E-state index contributed by atoms with van der Waals surface area (Å²) in [5.74, 6) is -0.982. The molecule has 1 aromatic carbocycles. The van der Waals surface area contributed by atoms with Crippen LogP contribution in [-0.2, 0) is 5.60 Å². The van der Waals surface area contributed by atoms with Crippen LogP contribution in [0.5, 0.6) is 0 Å². The van der Waals surface area contributed by atoms with Gasteiger partial charge in [-0.05, 0) is 43.9 Å². The first-order chi connectivity index (χ1) is 6.51. The van der Waals surface area contributed by atoms with E-state index in [0.29, 0.717) is 0 Å². The molecule has 0 amide bonds. The van der Waals surface area contributed by atoms with E-state index in [2.05, 4.69) is 0 Å². The molecule has 76 valence electrons. The van der Waals surface area contributed by atoms with Gasteiger partial charge in [0.1, 0.15) is 11.6 Å². The van der Waals surface area contributed by atoms with Gasteiger partial charge in [0.05, 0.1) is 5.60 Å². The van der Waals surface area contributed by atoms with Gasteiger partial charge in [-0.15, -0.1) is 0 Å². The molecule has 0 spiro atoms. The third kappa shape index (κ3) is 1.52. The van der Waals surface area contributed by atoms with Crippen molar-refractivity contribution in [2.24, 2.45) is 5.92 Å². The fourth-order valence-electron chi connectivity index (χ4n) is 1.75. The maximum Gasteiger partial charge on any atom is 0.129 e. The van der Waals surface area contributed by atoms with Crippen LogP contribution in [0.1, 0.15) is 25.3 Å². The zero-order chi connectivity index (χ0) is 10.3. The molecule has 0 saturated heterocycles. The first kappa shape index (κ1) is 9.59. The van der Waals surface area contributed by atoms with Gasteiger partial charge in [0.2, 0.25) is 0 Å². The molecule has 1 saturated carbocycles. The normalized spacial score (nSPS) is 20.6. The zero-order valence-electron chi connectivity index (χ0n) is 7.93. The van der Waals surface area contributed by atoms with Gasteiger partial charge in [-0.2, -0.15) is 0 Å². The number of aliphatic hydroxyl groups is 1. The Kier molecular flexibility index (Phi) is 2.07. The van der Waals surface area contributed by atoms with Crippen LogP contribution in [0.2, 0.25) is 0 Å². The van der Waals surface area contributed by atoms with Crippen molar-refractivity contribution in [3.63, 3.8) is 0 Å². The average molecular weight is 198 g/mol. The van der Waals surface area contributed by atoms with Gasteiger partial charge in [0, 0.05) is 5.56 Å². The lowest BCUT2D eigenvalue weighted by Gasteiger charge is -2.23. The molecule has 1 fully saturated rings. The Bertz CT molecular complexity index is 356. The highest BCUT2D eigenvalue weighted by Crippen LogP contribution is 2.46. The molecule has 14 heavy (non-hydrogen) atoms. The molecule has 1 N–H and O–H groups in total. The van der Waals surface area contributed by atoms with Crippen LogP contribution in [-0.4, -0.2) is 5.11 Å². The van der Waals surface area contributed by atoms with Crippen molar-refractivity contribution < 1.29 is 13.9 Å². The molecule has 0 bridgehead atoms. The molecule has 2 rings (SSSR count). The van der Waals surface area contributed by atoms with Crippen LogP contribution >= 0.6 is 0 Å². The van der Waals surface area contributed by atoms with E-state index in [0.717, 1.165) is 31.0 Å². The summed E-state index contributed by atoms with van der Waals surface area (Å²) < 4.78 is 26.2. The maximum absolute atomic E-state index is 13.3. The smallest absolute Gasteiger partial charge is 0.129 e. The van der Waals surface area contributed by atoms with Gasteiger partial charge in [-0.25, -0.2) is 8.78 Å². The molecule has 1 atom stereocenters. The molecular formula is C11H12F2O. The molecule has 1 unspecified atom stereocenters. The van der Waals surface area contributed by atoms with Gasteiger partial charge in [0.25, 0.3) is 0 Å². The highest BCUT2D eigenvalue weighted by Gasteiger charge is 2.42. The number of hydrogen-bond donors (Lipinski definition) is 1. The highest BCUT2D eigenvalue weighted by molar-refractivity contribution is 5.26. The van der Waals surface area contributed by atoms with Crippen molar-refractivity contribution in [2.75, 3.05) is 0 Å². The Morgan fingerprint density at radius 2 is 2.00 bits per heavy atom. The van der Waals surface area contributed by atoms with Crippen molar-refractivity contribution in [3.05, 3.63) is 35.4 Å². The molecule has 0 aromatic heterocycles. The summed E-state index contributed by atoms with van der Waals surface area (Å²) in [6.07, 6.45) is 1.76. The third-order valence-electron chi connectivity index (χ3n) is 2.85. The lowest BCUT2D eigenvalue weighted by molar-refractivity contribution is 0.0292. The number of benzene rings is 1.